The molecule has 3 rings (SSSR count). The van der Waals surface area contributed by atoms with Gasteiger partial charge in [-0.15, -0.1) is 0 Å². The molecule has 0 bridgehead atoms. The Balaban J connectivity index is 1.42. The van der Waals surface area contributed by atoms with Crippen molar-refractivity contribution in [1.29, 1.82) is 0 Å². The van der Waals surface area contributed by atoms with Crippen molar-refractivity contribution < 1.29 is 23.9 Å². The highest BCUT2D eigenvalue weighted by Gasteiger charge is 2.24. The third-order valence-electron chi connectivity index (χ3n) is 5.33. The molecule has 1 N–H and O–H groups in total. The van der Waals surface area contributed by atoms with E-state index in [0.717, 1.165) is 5.56 Å². The molecule has 0 atom stereocenters. The Morgan fingerprint density at radius 1 is 1.06 bits per heavy atom. The molecule has 1 aliphatic heterocycles. The summed E-state index contributed by atoms with van der Waals surface area (Å²) < 4.78 is 9.71. The summed E-state index contributed by atoms with van der Waals surface area (Å²) in [5.74, 6) is 0.215. The van der Waals surface area contributed by atoms with Crippen LogP contribution in [-0.2, 0) is 16.0 Å². The van der Waals surface area contributed by atoms with Crippen molar-refractivity contribution in [3.05, 3.63) is 64.7 Å². The van der Waals surface area contributed by atoms with Crippen LogP contribution in [0.2, 0.25) is 5.02 Å². The second-order valence-corrected chi connectivity index (χ2v) is 7.94. The number of likely N-dealkylation sites (tertiary alicyclic amines) is 1. The SMILES string of the molecule is CCOC(=O)Oc1ccc(C(=O)NC2CCN(C(=O)CCc3ccccc3Cl)CC2)cc1. The van der Waals surface area contributed by atoms with Gasteiger partial charge in [0.2, 0.25) is 5.91 Å². The predicted molar refractivity (Wildman–Crippen MR) is 121 cm³/mol. The van der Waals surface area contributed by atoms with Gasteiger partial charge in [-0.3, -0.25) is 9.59 Å². The Morgan fingerprint density at radius 3 is 2.41 bits per heavy atom. The molecule has 1 saturated heterocycles. The number of aryl methyl sites for hydroxylation is 1. The molecule has 0 aromatic heterocycles. The van der Waals surface area contributed by atoms with Gasteiger partial charge in [-0.25, -0.2) is 4.79 Å². The number of nitrogens with one attached hydrogen (secondary N) is 1. The Labute approximate surface area is 192 Å². The lowest BCUT2D eigenvalue weighted by molar-refractivity contribution is -0.132. The maximum Gasteiger partial charge on any atom is 0.513 e. The molecular formula is C24H27ClN2O5. The lowest BCUT2D eigenvalue weighted by atomic mass is 10.0. The number of piperidine rings is 1. The number of ether oxygens (including phenoxy) is 2. The van der Waals surface area contributed by atoms with E-state index < -0.39 is 6.16 Å². The average molecular weight is 459 g/mol. The molecule has 0 radical (unpaired) electrons. The largest absolute Gasteiger partial charge is 0.513 e. The lowest BCUT2D eigenvalue weighted by Gasteiger charge is -2.32. The van der Waals surface area contributed by atoms with Gasteiger partial charge in [-0.05, 0) is 62.1 Å². The van der Waals surface area contributed by atoms with Crippen molar-refractivity contribution in [3.8, 4) is 5.75 Å². The molecule has 0 unspecified atom stereocenters. The molecule has 7 nitrogen and oxygen atoms in total. The van der Waals surface area contributed by atoms with Crippen molar-refractivity contribution in [2.24, 2.45) is 0 Å². The third-order valence-corrected chi connectivity index (χ3v) is 5.70. The van der Waals surface area contributed by atoms with E-state index in [1.165, 1.54) is 0 Å². The number of rotatable bonds is 7. The van der Waals surface area contributed by atoms with Crippen molar-refractivity contribution in [1.82, 2.24) is 10.2 Å². The van der Waals surface area contributed by atoms with E-state index in [2.05, 4.69) is 5.32 Å². The topological polar surface area (TPSA) is 84.9 Å². The number of hydrogen-bond donors (Lipinski definition) is 1. The Kier molecular flexibility index (Phi) is 8.50. The minimum atomic E-state index is -0.780. The molecule has 1 fully saturated rings. The summed E-state index contributed by atoms with van der Waals surface area (Å²) in [6.45, 7) is 3.14. The minimum Gasteiger partial charge on any atom is -0.434 e. The molecule has 1 aliphatic rings. The van der Waals surface area contributed by atoms with E-state index >= 15 is 0 Å². The fraction of sp³-hybridized carbons (Fsp3) is 0.375. The summed E-state index contributed by atoms with van der Waals surface area (Å²) in [6.07, 6.45) is 1.66. The molecule has 0 saturated carbocycles. The number of carbonyl (C=O) groups excluding carboxylic acids is 3. The van der Waals surface area contributed by atoms with E-state index in [9.17, 15) is 14.4 Å². The summed E-state index contributed by atoms with van der Waals surface area (Å²) in [4.78, 5) is 38.2. The van der Waals surface area contributed by atoms with Crippen molar-refractivity contribution in [2.45, 2.75) is 38.6 Å². The van der Waals surface area contributed by atoms with Gasteiger partial charge in [-0.1, -0.05) is 29.8 Å². The molecule has 2 aromatic carbocycles. The smallest absolute Gasteiger partial charge is 0.434 e. The average Bonchev–Trinajstić information content (AvgIpc) is 2.79. The molecule has 2 amide bonds. The number of nitrogens with zero attached hydrogens (tertiary/aromatic N) is 1. The number of carbonyl (C=O) groups is 3. The van der Waals surface area contributed by atoms with Crippen LogP contribution >= 0.6 is 11.6 Å². The first kappa shape index (κ1) is 23.6. The highest BCUT2D eigenvalue weighted by molar-refractivity contribution is 6.31. The maximum atomic E-state index is 12.5. The standard InChI is InChI=1S/C24H27ClN2O5/c1-2-31-24(30)32-20-10-7-18(8-11-20)23(29)26-19-13-15-27(16-14-19)22(28)12-9-17-5-3-4-6-21(17)25/h3-8,10-11,19H,2,9,12-16H2,1H3,(H,26,29). The van der Waals surface area contributed by atoms with Gasteiger partial charge in [-0.2, -0.15) is 0 Å². The van der Waals surface area contributed by atoms with E-state index in [4.69, 9.17) is 21.1 Å². The second-order valence-electron chi connectivity index (χ2n) is 7.53. The van der Waals surface area contributed by atoms with E-state index in [1.54, 1.807) is 31.2 Å². The maximum absolute atomic E-state index is 12.5. The van der Waals surface area contributed by atoms with Crippen LogP contribution in [0.4, 0.5) is 4.79 Å². The zero-order valence-corrected chi connectivity index (χ0v) is 18.8. The van der Waals surface area contributed by atoms with E-state index in [-0.39, 0.29) is 24.5 Å². The molecule has 1 heterocycles. The van der Waals surface area contributed by atoms with Crippen LogP contribution in [0.3, 0.4) is 0 Å². The summed E-state index contributed by atoms with van der Waals surface area (Å²) in [7, 11) is 0. The van der Waals surface area contributed by atoms with Crippen LogP contribution in [0, 0.1) is 0 Å². The Hall–Kier alpha value is -3.06. The number of halogens is 1. The number of hydrogen-bond acceptors (Lipinski definition) is 5. The predicted octanol–water partition coefficient (Wildman–Crippen LogP) is 4.23. The molecule has 0 spiro atoms. The van der Waals surface area contributed by atoms with Crippen LogP contribution in [0.5, 0.6) is 5.75 Å². The van der Waals surface area contributed by atoms with E-state index in [0.29, 0.717) is 55.1 Å². The Morgan fingerprint density at radius 2 is 1.75 bits per heavy atom. The summed E-state index contributed by atoms with van der Waals surface area (Å²) in [5, 5.41) is 3.70. The summed E-state index contributed by atoms with van der Waals surface area (Å²) >= 11 is 6.16. The first-order chi connectivity index (χ1) is 15.5. The van der Waals surface area contributed by atoms with Crippen molar-refractivity contribution in [3.63, 3.8) is 0 Å². The number of amides is 2. The van der Waals surface area contributed by atoms with Gasteiger partial charge in [0, 0.05) is 36.1 Å². The highest BCUT2D eigenvalue weighted by Crippen LogP contribution is 2.19. The minimum absolute atomic E-state index is 0.00516. The molecular weight excluding hydrogens is 432 g/mol. The normalized spacial score (nSPS) is 14.0. The fourth-order valence-corrected chi connectivity index (χ4v) is 3.79. The van der Waals surface area contributed by atoms with Crippen LogP contribution < -0.4 is 10.1 Å². The van der Waals surface area contributed by atoms with Crippen molar-refractivity contribution in [2.75, 3.05) is 19.7 Å². The lowest BCUT2D eigenvalue weighted by Crippen LogP contribution is -2.46. The second kappa shape index (κ2) is 11.5. The molecule has 8 heteroatoms. The molecule has 2 aromatic rings. The molecule has 32 heavy (non-hydrogen) atoms. The highest BCUT2D eigenvalue weighted by atomic mass is 35.5. The van der Waals surface area contributed by atoms with Crippen LogP contribution in [0.25, 0.3) is 0 Å². The molecule has 170 valence electrons. The summed E-state index contributed by atoms with van der Waals surface area (Å²) in [5.41, 5.74) is 1.45. The van der Waals surface area contributed by atoms with Gasteiger partial charge >= 0.3 is 6.16 Å². The van der Waals surface area contributed by atoms with Gasteiger partial charge < -0.3 is 19.7 Å². The van der Waals surface area contributed by atoms with E-state index in [1.807, 2.05) is 29.2 Å². The molecule has 0 aliphatic carbocycles. The summed E-state index contributed by atoms with van der Waals surface area (Å²) in [6, 6.07) is 13.8. The Bertz CT molecular complexity index is 940. The quantitative estimate of drug-likeness (QED) is 0.495. The fourth-order valence-electron chi connectivity index (χ4n) is 3.56. The monoisotopic (exact) mass is 458 g/mol. The van der Waals surface area contributed by atoms with Gasteiger partial charge in [0.05, 0.1) is 6.61 Å². The van der Waals surface area contributed by atoms with Crippen molar-refractivity contribution >= 4 is 29.6 Å². The zero-order valence-electron chi connectivity index (χ0n) is 18.0. The zero-order chi connectivity index (χ0) is 22.9. The number of benzene rings is 2. The van der Waals surface area contributed by atoms with Crippen LogP contribution in [0.1, 0.15) is 42.1 Å². The third kappa shape index (κ3) is 6.72. The van der Waals surface area contributed by atoms with Gasteiger partial charge in [0.25, 0.3) is 5.91 Å². The van der Waals surface area contributed by atoms with Crippen LogP contribution in [0.15, 0.2) is 48.5 Å². The first-order valence-corrected chi connectivity index (χ1v) is 11.1. The van der Waals surface area contributed by atoms with Gasteiger partial charge in [0.1, 0.15) is 5.75 Å². The first-order valence-electron chi connectivity index (χ1n) is 10.7. The van der Waals surface area contributed by atoms with Crippen LogP contribution in [-0.4, -0.2) is 48.6 Å². The van der Waals surface area contributed by atoms with Gasteiger partial charge in [0.15, 0.2) is 0 Å².